The van der Waals surface area contributed by atoms with Gasteiger partial charge in [0.2, 0.25) is 0 Å². The average molecular weight is 624 g/mol. The molecule has 5 aliphatic heterocycles. The molecule has 5 aliphatic rings. The number of nitrogens with zero attached hydrogens (tertiary/aromatic N) is 4. The Bertz CT molecular complexity index is 1980. The molecule has 0 fully saturated rings. The molecule has 8 bridgehead atoms. The van der Waals surface area contributed by atoms with E-state index in [-0.39, 0.29) is 33.9 Å². The van der Waals surface area contributed by atoms with Crippen LogP contribution in [-0.4, -0.2) is 67.2 Å². The van der Waals surface area contributed by atoms with Crippen molar-refractivity contribution in [3.05, 3.63) is 124 Å². The van der Waals surface area contributed by atoms with Crippen molar-refractivity contribution in [1.29, 1.82) is 0 Å². The van der Waals surface area contributed by atoms with Crippen LogP contribution in [0.5, 0.6) is 0 Å². The number of aromatic carboxylic acids is 4. The summed E-state index contributed by atoms with van der Waals surface area (Å²) >= 11 is 0. The number of carboxylic acids is 4. The molecular weight excluding hydrogens is 608 g/mol. The summed E-state index contributed by atoms with van der Waals surface area (Å²) in [6.45, 7) is 0. The predicted molar refractivity (Wildman–Crippen MR) is 152 cm³/mol. The number of hydrogen-bond donors (Lipinski definition) is 4. The number of hydrogen-bond acceptors (Lipinski definition) is 8. The number of benzene rings is 1. The van der Waals surface area contributed by atoms with E-state index in [1.54, 1.807) is 42.5 Å². The molecule has 0 amide bonds. The van der Waals surface area contributed by atoms with Crippen LogP contribution in [0.1, 0.15) is 47.0 Å². The molecule has 0 saturated carbocycles. The van der Waals surface area contributed by atoms with Crippen molar-refractivity contribution in [3.63, 3.8) is 0 Å². The quantitative estimate of drug-likeness (QED) is 0.354. The van der Waals surface area contributed by atoms with Gasteiger partial charge < -0.3 is 20.4 Å². The molecule has 6 rings (SSSR count). The fraction of sp³-hybridized carbons (Fsp3) is 0. The van der Waals surface area contributed by atoms with E-state index in [1.165, 1.54) is 12.2 Å². The molecule has 1 aromatic carbocycles. The Balaban J connectivity index is 0.00000368. The molecule has 0 saturated heterocycles. The van der Waals surface area contributed by atoms with E-state index in [0.717, 1.165) is 6.07 Å². The van der Waals surface area contributed by atoms with Gasteiger partial charge in [0.15, 0.2) is 0 Å². The minimum absolute atomic E-state index is 0. The maximum atomic E-state index is 12.4. The van der Waals surface area contributed by atoms with Crippen molar-refractivity contribution >= 4 is 52.3 Å². The minimum atomic E-state index is -1.91. The number of aliphatic imine (C=N–C) groups is 4. The Morgan fingerprint density at radius 2 is 0.953 bits per heavy atom. The first-order valence-corrected chi connectivity index (χ1v) is 12.2. The van der Waals surface area contributed by atoms with Gasteiger partial charge in [-0.25, -0.2) is 39.1 Å². The van der Waals surface area contributed by atoms with Crippen LogP contribution in [0.15, 0.2) is 116 Å². The molecule has 1 aromatic rings. The van der Waals surface area contributed by atoms with Gasteiger partial charge in [0.05, 0.1) is 67.9 Å². The summed E-state index contributed by atoms with van der Waals surface area (Å²) < 4.78 is 0. The first-order chi connectivity index (χ1) is 20.1. The van der Waals surface area contributed by atoms with E-state index < -0.39 is 46.1 Å². The van der Waals surface area contributed by atoms with Crippen molar-refractivity contribution in [2.24, 2.45) is 20.0 Å². The molecule has 12 nitrogen and oxygen atoms in total. The molecule has 0 spiro atoms. The first kappa shape index (κ1) is 28.7. The molecule has 0 aliphatic carbocycles. The third kappa shape index (κ3) is 5.33. The van der Waals surface area contributed by atoms with Crippen LogP contribution in [0.3, 0.4) is 0 Å². The summed E-state index contributed by atoms with van der Waals surface area (Å²) in [6, 6.07) is 0.839. The Labute approximate surface area is 252 Å². The van der Waals surface area contributed by atoms with Crippen molar-refractivity contribution in [2.75, 3.05) is 0 Å². The Hall–Kier alpha value is -5.78. The molecule has 5 heterocycles. The van der Waals surface area contributed by atoms with Crippen LogP contribution in [0, 0.1) is 0 Å². The molecule has 0 atom stereocenters. The van der Waals surface area contributed by atoms with Gasteiger partial charge in [-0.1, -0.05) is 0 Å². The third-order valence-electron chi connectivity index (χ3n) is 6.53. The van der Waals surface area contributed by atoms with E-state index >= 15 is 0 Å². The normalized spacial score (nSPS) is 17.4. The van der Waals surface area contributed by atoms with Crippen molar-refractivity contribution < 1.29 is 56.7 Å². The number of fused-ring (bicyclic) bond motifs is 4. The van der Waals surface area contributed by atoms with Gasteiger partial charge >= 0.3 is 23.9 Å². The maximum absolute atomic E-state index is 12.4. The van der Waals surface area contributed by atoms with Crippen LogP contribution < -0.4 is 0 Å². The number of carboxylic acid groups (broad SMARTS) is 4. The predicted octanol–water partition coefficient (Wildman–Crippen LogP) is 3.90. The second-order valence-corrected chi connectivity index (χ2v) is 9.26. The zero-order valence-electron chi connectivity index (χ0n) is 21.4. The first-order valence-electron chi connectivity index (χ1n) is 12.2. The molecule has 215 valence electrons. The van der Waals surface area contributed by atoms with E-state index in [2.05, 4.69) is 20.0 Å². The van der Waals surface area contributed by atoms with E-state index in [4.69, 9.17) is 0 Å². The zero-order valence-corrected chi connectivity index (χ0v) is 22.4. The Kier molecular flexibility index (Phi) is 7.28. The van der Waals surface area contributed by atoms with E-state index in [0.29, 0.717) is 39.9 Å². The number of rotatable bonds is 5. The van der Waals surface area contributed by atoms with Gasteiger partial charge in [-0.3, -0.25) is 0 Å². The Morgan fingerprint density at radius 3 is 1.42 bits per heavy atom. The average Bonchev–Trinajstić information content (AvgIpc) is 3.72. The van der Waals surface area contributed by atoms with E-state index in [9.17, 15) is 39.6 Å². The topological polar surface area (TPSA) is 199 Å². The minimum Gasteiger partial charge on any atom is -0.478 e. The van der Waals surface area contributed by atoms with Crippen LogP contribution in [0.25, 0.3) is 5.57 Å². The van der Waals surface area contributed by atoms with Crippen LogP contribution in [-0.2, 0) is 17.1 Å². The molecule has 43 heavy (non-hydrogen) atoms. The van der Waals surface area contributed by atoms with Crippen molar-refractivity contribution in [2.45, 2.75) is 0 Å². The number of carbonyl (C=O) groups is 4. The second kappa shape index (κ2) is 10.9. The van der Waals surface area contributed by atoms with Crippen LogP contribution in [0.4, 0.5) is 0 Å². The van der Waals surface area contributed by atoms with Gasteiger partial charge in [-0.2, -0.15) is 0 Å². The zero-order chi connectivity index (χ0) is 29.7. The van der Waals surface area contributed by atoms with Crippen LogP contribution >= 0.6 is 0 Å². The van der Waals surface area contributed by atoms with E-state index in [1.807, 2.05) is 12.2 Å². The molecule has 4 N–H and O–H groups in total. The summed E-state index contributed by atoms with van der Waals surface area (Å²) in [6.07, 6.45) is 18.7. The summed E-state index contributed by atoms with van der Waals surface area (Å²) in [7, 11) is 0. The SMILES string of the molecule is O=C(O)c1cc(C2=CC3=CC4=NC(=CC5=NC(=CC6=NC(=CC2=N3)C=C6)C=C5)C=C4)c(C(=O)O)c(C(=O)O)c1C(=O)O.[Cu]. The fourth-order valence-electron chi connectivity index (χ4n) is 4.84. The van der Waals surface area contributed by atoms with Crippen LogP contribution in [0.2, 0.25) is 0 Å². The summed E-state index contributed by atoms with van der Waals surface area (Å²) in [4.78, 5) is 66.8. The molecule has 13 heteroatoms. The third-order valence-corrected chi connectivity index (χ3v) is 6.53. The fourth-order valence-corrected chi connectivity index (χ4v) is 4.84. The van der Waals surface area contributed by atoms with Gasteiger partial charge in [-0.15, -0.1) is 0 Å². The summed E-state index contributed by atoms with van der Waals surface area (Å²) in [5.74, 6) is -7.32. The summed E-state index contributed by atoms with van der Waals surface area (Å²) in [5.41, 5.74) is -0.452. The molecule has 1 radical (unpaired) electrons. The van der Waals surface area contributed by atoms with Gasteiger partial charge in [0.1, 0.15) is 0 Å². The van der Waals surface area contributed by atoms with Gasteiger partial charge in [0.25, 0.3) is 0 Å². The molecular formula is C30H16CuN4O8. The van der Waals surface area contributed by atoms with Gasteiger partial charge in [-0.05, 0) is 72.9 Å². The number of allylic oxidation sites excluding steroid dienone is 12. The summed E-state index contributed by atoms with van der Waals surface area (Å²) in [5, 5.41) is 39.4. The maximum Gasteiger partial charge on any atom is 0.337 e. The smallest absolute Gasteiger partial charge is 0.337 e. The molecule has 0 unspecified atom stereocenters. The van der Waals surface area contributed by atoms with Gasteiger partial charge in [0, 0.05) is 28.2 Å². The molecule has 0 aromatic heterocycles. The van der Waals surface area contributed by atoms with Crippen molar-refractivity contribution in [3.8, 4) is 0 Å². The second-order valence-electron chi connectivity index (χ2n) is 9.26. The monoisotopic (exact) mass is 623 g/mol. The Morgan fingerprint density at radius 1 is 0.488 bits per heavy atom. The standard InChI is InChI=1S/C30H16N4O8.Cu/c35-27(36)22-12-21(24(28(37)38)26(30(41)42)25(22)29(39)40)20-10-19-9-17-4-3-15(32-17)7-13-1-2-14(31-13)8-16-5-6-18(33-16)11-23(20)34-19;/h1-12H,(H,35,36)(H,37,38)(H,39,40)(H,41,42);. The van der Waals surface area contributed by atoms with Crippen molar-refractivity contribution in [1.82, 2.24) is 0 Å². The largest absolute Gasteiger partial charge is 0.478 e.